The molecule has 0 radical (unpaired) electrons. The lowest BCUT2D eigenvalue weighted by atomic mass is 10.3. The Morgan fingerprint density at radius 3 is 1.55 bits per heavy atom. The summed E-state index contributed by atoms with van der Waals surface area (Å²) < 4.78 is 61.9. The number of nitrogens with zero attached hydrogens (tertiary/aromatic N) is 2. The van der Waals surface area contributed by atoms with Crippen LogP contribution in [0, 0.1) is 0 Å². The molecule has 0 fully saturated rings. The summed E-state index contributed by atoms with van der Waals surface area (Å²) >= 11 is 1.81. The molecular weight excluding hydrogens is 456 g/mol. The lowest BCUT2D eigenvalue weighted by molar-refractivity contribution is 0.415. The average molecular weight is 471 g/mol. The monoisotopic (exact) mass is 470 g/mol. The second-order valence-corrected chi connectivity index (χ2v) is 12.7. The number of fused-ring (bicyclic) bond motifs is 2. The van der Waals surface area contributed by atoms with Gasteiger partial charge in [0.15, 0.2) is 5.08 Å². The first-order chi connectivity index (χ1) is 13.7. The summed E-state index contributed by atoms with van der Waals surface area (Å²) in [6, 6.07) is 9.87. The van der Waals surface area contributed by atoms with Crippen molar-refractivity contribution >= 4 is 62.8 Å². The molecule has 2 heterocycles. The van der Waals surface area contributed by atoms with Gasteiger partial charge in [0.05, 0.1) is 34.7 Å². The molecule has 4 aromatic rings. The van der Waals surface area contributed by atoms with Crippen molar-refractivity contribution in [3.63, 3.8) is 0 Å². The molecule has 0 unspecified atom stereocenters. The molecule has 12 heteroatoms. The predicted octanol–water partition coefficient (Wildman–Crippen LogP) is 3.13. The van der Waals surface area contributed by atoms with Crippen LogP contribution in [0.5, 0.6) is 11.5 Å². The van der Waals surface area contributed by atoms with Gasteiger partial charge >= 0.3 is 0 Å². The Balaban J connectivity index is 1.69. The lowest BCUT2D eigenvalue weighted by Gasteiger charge is -2.00. The summed E-state index contributed by atoms with van der Waals surface area (Å²) in [6.07, 6.45) is 0. The SMILES string of the molecule is COc1ccc2nc(S(=O)(=O)CS(=O)(=O)c3nc4ccc(OC)cc4s3)sc2c1. The second-order valence-electron chi connectivity index (χ2n) is 5.97. The zero-order chi connectivity index (χ0) is 20.8. The number of methoxy groups -OCH3 is 2. The molecule has 4 rings (SSSR count). The Bertz CT molecular complexity index is 1330. The summed E-state index contributed by atoms with van der Waals surface area (Å²) in [5, 5.41) is -1.10. The lowest BCUT2D eigenvalue weighted by Crippen LogP contribution is -2.16. The number of aromatic nitrogens is 2. The maximum absolute atomic E-state index is 12.8. The van der Waals surface area contributed by atoms with Gasteiger partial charge in [0.2, 0.25) is 28.4 Å². The van der Waals surface area contributed by atoms with Crippen molar-refractivity contribution in [2.45, 2.75) is 8.68 Å². The first-order valence-electron chi connectivity index (χ1n) is 8.06. The van der Waals surface area contributed by atoms with Gasteiger partial charge in [-0.3, -0.25) is 0 Å². The molecule has 0 bridgehead atoms. The highest BCUT2D eigenvalue weighted by Crippen LogP contribution is 2.33. The molecule has 8 nitrogen and oxygen atoms in total. The molecule has 0 atom stereocenters. The maximum Gasteiger partial charge on any atom is 0.220 e. The molecule has 0 aliphatic rings. The van der Waals surface area contributed by atoms with E-state index in [1.807, 2.05) is 0 Å². The third-order valence-corrected chi connectivity index (χ3v) is 11.4. The molecule has 0 saturated heterocycles. The zero-order valence-electron chi connectivity index (χ0n) is 15.1. The van der Waals surface area contributed by atoms with E-state index in [9.17, 15) is 16.8 Å². The highest BCUT2D eigenvalue weighted by Gasteiger charge is 2.31. The van der Waals surface area contributed by atoms with E-state index in [0.717, 1.165) is 22.7 Å². The van der Waals surface area contributed by atoms with E-state index in [4.69, 9.17) is 9.47 Å². The number of ether oxygens (including phenoxy) is 2. The fourth-order valence-electron chi connectivity index (χ4n) is 2.59. The van der Waals surface area contributed by atoms with Crippen molar-refractivity contribution in [2.24, 2.45) is 0 Å². The van der Waals surface area contributed by atoms with Crippen LogP contribution < -0.4 is 9.47 Å². The third kappa shape index (κ3) is 3.80. The van der Waals surface area contributed by atoms with Crippen LogP contribution in [0.25, 0.3) is 20.4 Å². The van der Waals surface area contributed by atoms with Gasteiger partial charge in [0.1, 0.15) is 11.5 Å². The minimum Gasteiger partial charge on any atom is -0.497 e. The average Bonchev–Trinajstić information content (AvgIpc) is 3.30. The van der Waals surface area contributed by atoms with Gasteiger partial charge in [-0.15, -0.1) is 22.7 Å². The minimum absolute atomic E-state index is 0.257. The van der Waals surface area contributed by atoms with Crippen LogP contribution in [-0.2, 0) is 19.7 Å². The smallest absolute Gasteiger partial charge is 0.220 e. The topological polar surface area (TPSA) is 113 Å². The van der Waals surface area contributed by atoms with Crippen LogP contribution in [0.4, 0.5) is 0 Å². The van der Waals surface area contributed by atoms with Gasteiger partial charge in [-0.2, -0.15) is 0 Å². The standard InChI is InChI=1S/C17H14N2O6S4/c1-24-10-3-5-12-14(7-10)26-16(18-12)28(20,21)9-29(22,23)17-19-13-6-4-11(25-2)8-15(13)27-17/h3-8H,9H2,1-2H3. The van der Waals surface area contributed by atoms with Crippen LogP contribution in [0.3, 0.4) is 0 Å². The molecule has 0 aliphatic carbocycles. The van der Waals surface area contributed by atoms with Crippen LogP contribution in [0.1, 0.15) is 0 Å². The largest absolute Gasteiger partial charge is 0.497 e. The van der Waals surface area contributed by atoms with E-state index in [0.29, 0.717) is 31.9 Å². The molecule has 152 valence electrons. The van der Waals surface area contributed by atoms with Crippen LogP contribution in [0.15, 0.2) is 45.1 Å². The summed E-state index contributed by atoms with van der Waals surface area (Å²) in [5.41, 5.74) is 0.915. The van der Waals surface area contributed by atoms with Crippen molar-refractivity contribution in [1.29, 1.82) is 0 Å². The molecular formula is C17H14N2O6S4. The van der Waals surface area contributed by atoms with Crippen LogP contribution in [0.2, 0.25) is 0 Å². The van der Waals surface area contributed by atoms with Crippen molar-refractivity contribution in [2.75, 3.05) is 19.3 Å². The van der Waals surface area contributed by atoms with Gasteiger partial charge in [0, 0.05) is 0 Å². The highest BCUT2D eigenvalue weighted by molar-refractivity contribution is 8.09. The van der Waals surface area contributed by atoms with Crippen molar-refractivity contribution in [3.05, 3.63) is 36.4 Å². The number of hydrogen-bond donors (Lipinski definition) is 0. The van der Waals surface area contributed by atoms with Crippen LogP contribution >= 0.6 is 22.7 Å². The maximum atomic E-state index is 12.8. The minimum atomic E-state index is -4.18. The zero-order valence-corrected chi connectivity index (χ0v) is 18.4. The molecule has 2 aromatic heterocycles. The number of hydrogen-bond acceptors (Lipinski definition) is 10. The molecule has 0 saturated carbocycles. The van der Waals surface area contributed by atoms with Gasteiger partial charge in [-0.1, -0.05) is 0 Å². The summed E-state index contributed by atoms with van der Waals surface area (Å²) in [6.45, 7) is 0. The highest BCUT2D eigenvalue weighted by atomic mass is 32.3. The van der Waals surface area contributed by atoms with E-state index < -0.39 is 24.8 Å². The quantitative estimate of drug-likeness (QED) is 0.422. The van der Waals surface area contributed by atoms with Crippen LogP contribution in [-0.4, -0.2) is 46.1 Å². The normalized spacial score (nSPS) is 12.5. The molecule has 29 heavy (non-hydrogen) atoms. The first-order valence-corrected chi connectivity index (χ1v) is 13.0. The number of benzene rings is 2. The second kappa shape index (κ2) is 7.20. The van der Waals surface area contributed by atoms with Gasteiger partial charge < -0.3 is 9.47 Å². The Kier molecular flexibility index (Phi) is 4.97. The summed E-state index contributed by atoms with van der Waals surface area (Å²) in [5.74, 6) is 1.12. The Labute approximate surface area is 174 Å². The van der Waals surface area contributed by atoms with Crippen molar-refractivity contribution < 1.29 is 26.3 Å². The van der Waals surface area contributed by atoms with Gasteiger partial charge in [-0.05, 0) is 36.4 Å². The Morgan fingerprint density at radius 1 is 0.759 bits per heavy atom. The molecule has 2 aromatic carbocycles. The Morgan fingerprint density at radius 2 is 1.17 bits per heavy atom. The predicted molar refractivity (Wildman–Crippen MR) is 112 cm³/mol. The van der Waals surface area contributed by atoms with Crippen molar-refractivity contribution in [3.8, 4) is 11.5 Å². The fourth-order valence-corrected chi connectivity index (χ4v) is 9.38. The Hall–Kier alpha value is -2.28. The number of thiazole rings is 2. The van der Waals surface area contributed by atoms with E-state index in [-0.39, 0.29) is 8.68 Å². The van der Waals surface area contributed by atoms with E-state index in [1.165, 1.54) is 14.2 Å². The number of rotatable bonds is 6. The van der Waals surface area contributed by atoms with Gasteiger partial charge in [-0.25, -0.2) is 26.8 Å². The molecule has 0 amide bonds. The summed E-state index contributed by atoms with van der Waals surface area (Å²) in [7, 11) is -5.35. The van der Waals surface area contributed by atoms with Gasteiger partial charge in [0.25, 0.3) is 0 Å². The fraction of sp³-hybridized carbons (Fsp3) is 0.176. The van der Waals surface area contributed by atoms with Crippen molar-refractivity contribution in [1.82, 2.24) is 9.97 Å². The van der Waals surface area contributed by atoms with E-state index in [2.05, 4.69) is 9.97 Å². The molecule has 0 N–H and O–H groups in total. The number of sulfone groups is 2. The van der Waals surface area contributed by atoms with E-state index >= 15 is 0 Å². The summed E-state index contributed by atoms with van der Waals surface area (Å²) in [4.78, 5) is 8.16. The third-order valence-electron chi connectivity index (χ3n) is 3.99. The molecule has 0 spiro atoms. The first kappa shape index (κ1) is 20.0. The van der Waals surface area contributed by atoms with E-state index in [1.54, 1.807) is 36.4 Å². The molecule has 0 aliphatic heterocycles.